The molecule has 1 aliphatic rings. The first-order chi connectivity index (χ1) is 37.3. The van der Waals surface area contributed by atoms with Crippen LogP contribution in [0.1, 0.15) is 258 Å². The molecular weight excluding hydrogens is 941 g/mol. The predicted molar refractivity (Wildman–Crippen MR) is 349 cm³/mol. The van der Waals surface area contributed by atoms with Crippen LogP contribution in [0.3, 0.4) is 0 Å². The highest BCUT2D eigenvalue weighted by molar-refractivity contribution is 5.92. The summed E-state index contributed by atoms with van der Waals surface area (Å²) in [6.45, 7) is 34.9. The minimum Gasteiger partial charge on any atom is -0.397 e. The third kappa shape index (κ3) is 16.6. The fourth-order valence-electron chi connectivity index (χ4n) is 11.9. The van der Waals surface area contributed by atoms with Gasteiger partial charge in [0.15, 0.2) is 0 Å². The van der Waals surface area contributed by atoms with E-state index in [0.717, 1.165) is 74.6 Å². The third-order valence-electron chi connectivity index (χ3n) is 17.4. The van der Waals surface area contributed by atoms with E-state index < -0.39 is 0 Å². The van der Waals surface area contributed by atoms with Crippen molar-refractivity contribution in [3.8, 4) is 11.1 Å². The SMILES string of the molecule is CCCCCCC1(CCCCCC)c2cc(/C(C)=C(/C=C(\CCC)c3ccc(/C(=C/C(CCC)=C(\C)C(C)(C)C)C(C)CC)c(N)c3N)CCC)ccc2-c2ccc(C(C)(C)C)cc21.c1ccc(CCc2ccccc2)cc1. The average Bonchev–Trinajstić information content (AvgIpc) is 3.76. The Kier molecular flexibility index (Phi) is 24.7. The predicted octanol–water partition coefficient (Wildman–Crippen LogP) is 22.9. The van der Waals surface area contributed by atoms with E-state index in [2.05, 4.69) is 225 Å². The number of fused-ring (bicyclic) bond motifs is 3. The first kappa shape index (κ1) is 63.5. The van der Waals surface area contributed by atoms with E-state index in [4.69, 9.17) is 11.5 Å². The molecule has 5 aromatic carbocycles. The zero-order chi connectivity index (χ0) is 57.0. The number of hydrogen-bond donors (Lipinski definition) is 2. The van der Waals surface area contributed by atoms with E-state index in [1.54, 1.807) is 11.1 Å². The fourth-order valence-corrected chi connectivity index (χ4v) is 11.9. The molecule has 0 heterocycles. The molecule has 0 bridgehead atoms. The van der Waals surface area contributed by atoms with E-state index >= 15 is 0 Å². The Morgan fingerprint density at radius 3 is 1.53 bits per heavy atom. The van der Waals surface area contributed by atoms with Gasteiger partial charge in [-0.15, -0.1) is 0 Å². The summed E-state index contributed by atoms with van der Waals surface area (Å²) in [5, 5.41) is 0. The molecular formula is C76H108N2. The fraction of sp³-hybridized carbons (Fsp3) is 0.500. The van der Waals surface area contributed by atoms with Crippen molar-refractivity contribution >= 4 is 28.1 Å². The Balaban J connectivity index is 0.000000686. The second kappa shape index (κ2) is 30.3. The van der Waals surface area contributed by atoms with Gasteiger partial charge in [0.25, 0.3) is 0 Å². The van der Waals surface area contributed by atoms with Gasteiger partial charge in [-0.1, -0.05) is 281 Å². The maximum Gasteiger partial charge on any atom is 0.0630 e. The van der Waals surface area contributed by atoms with E-state index in [-0.39, 0.29) is 16.2 Å². The summed E-state index contributed by atoms with van der Waals surface area (Å²) < 4.78 is 0. The Bertz CT molecular complexity index is 2730. The van der Waals surface area contributed by atoms with Crippen LogP contribution in [0.15, 0.2) is 138 Å². The number of allylic oxidation sites excluding steroid dienone is 8. The first-order valence-corrected chi connectivity index (χ1v) is 31.2. The average molecular weight is 1050 g/mol. The zero-order valence-corrected chi connectivity index (χ0v) is 52.2. The molecule has 0 saturated carbocycles. The van der Waals surface area contributed by atoms with Gasteiger partial charge in [0.1, 0.15) is 0 Å². The van der Waals surface area contributed by atoms with Crippen LogP contribution in [0.2, 0.25) is 0 Å². The maximum atomic E-state index is 7.22. The van der Waals surface area contributed by atoms with Crippen molar-refractivity contribution in [1.29, 1.82) is 0 Å². The second-order valence-electron chi connectivity index (χ2n) is 25.3. The summed E-state index contributed by atoms with van der Waals surface area (Å²) in [5.74, 6) is 0.353. The molecule has 1 atom stereocenters. The van der Waals surface area contributed by atoms with E-state index in [9.17, 15) is 0 Å². The Morgan fingerprint density at radius 1 is 0.526 bits per heavy atom. The Labute approximate surface area is 478 Å². The van der Waals surface area contributed by atoms with Gasteiger partial charge >= 0.3 is 0 Å². The standard InChI is InChI=1S/C62H94N2.C14H14/c1-16-22-24-26-37-62(38-27-25-23-17-2)56-41-47(31-33-52(56)53-34-32-50(42-57(53)62)61(13,14)15)44(8)46(28-18-3)39-49(30-20-5)51-35-36-54(59(64)58(51)63)55(43(7)21-6)40-48(29-19-4)45(9)60(10,11)12;1-3-7-13(8-4-1)11-12-14-9-5-2-6-10-14/h31-36,39-43H,16-30,37-38,63-64H2,1-15H3;1-10H,11-12H2/b46-44+,48-45+,49-39+,55-40+;. The molecule has 0 spiro atoms. The zero-order valence-electron chi connectivity index (χ0n) is 52.2. The van der Waals surface area contributed by atoms with E-state index in [1.807, 2.05) is 0 Å². The minimum absolute atomic E-state index is 0.0344. The summed E-state index contributed by atoms with van der Waals surface area (Å²) >= 11 is 0. The van der Waals surface area contributed by atoms with Crippen LogP contribution in [0.25, 0.3) is 27.8 Å². The van der Waals surface area contributed by atoms with Crippen LogP contribution < -0.4 is 11.5 Å². The van der Waals surface area contributed by atoms with Gasteiger partial charge in [0.05, 0.1) is 11.4 Å². The van der Waals surface area contributed by atoms with Crippen LogP contribution in [-0.2, 0) is 23.7 Å². The lowest BCUT2D eigenvalue weighted by molar-refractivity contribution is 0.400. The minimum atomic E-state index is 0.0344. The summed E-state index contributed by atoms with van der Waals surface area (Å²) in [5.41, 5.74) is 38.2. The third-order valence-corrected chi connectivity index (χ3v) is 17.4. The van der Waals surface area contributed by atoms with Gasteiger partial charge < -0.3 is 11.5 Å². The van der Waals surface area contributed by atoms with E-state index in [0.29, 0.717) is 11.6 Å². The molecule has 2 heteroatoms. The molecule has 0 saturated heterocycles. The highest BCUT2D eigenvalue weighted by Crippen LogP contribution is 2.56. The van der Waals surface area contributed by atoms with Gasteiger partial charge in [0, 0.05) is 16.5 Å². The Morgan fingerprint density at radius 2 is 1.03 bits per heavy atom. The number of aryl methyl sites for hydroxylation is 2. The highest BCUT2D eigenvalue weighted by Gasteiger charge is 2.43. The lowest BCUT2D eigenvalue weighted by Gasteiger charge is -2.34. The highest BCUT2D eigenvalue weighted by atomic mass is 14.7. The number of nitrogen functional groups attached to an aromatic ring is 2. The van der Waals surface area contributed by atoms with Gasteiger partial charge in [-0.2, -0.15) is 0 Å². The smallest absolute Gasteiger partial charge is 0.0630 e. The lowest BCUT2D eigenvalue weighted by Crippen LogP contribution is -2.26. The molecule has 5 aromatic rings. The van der Waals surface area contributed by atoms with Crippen LogP contribution >= 0.6 is 0 Å². The van der Waals surface area contributed by atoms with Crippen LogP contribution in [0, 0.1) is 11.3 Å². The molecule has 0 fully saturated rings. The van der Waals surface area contributed by atoms with Gasteiger partial charge in [-0.3, -0.25) is 0 Å². The summed E-state index contributed by atoms with van der Waals surface area (Å²) in [7, 11) is 0. The van der Waals surface area contributed by atoms with Gasteiger partial charge in [0.2, 0.25) is 0 Å². The number of anilines is 2. The molecule has 422 valence electrons. The summed E-state index contributed by atoms with van der Waals surface area (Å²) in [6.07, 6.45) is 27.2. The summed E-state index contributed by atoms with van der Waals surface area (Å²) in [6, 6.07) is 40.8. The molecule has 1 unspecified atom stereocenters. The van der Waals surface area contributed by atoms with Gasteiger partial charge in [-0.05, 0) is 160 Å². The van der Waals surface area contributed by atoms with Crippen molar-refractivity contribution in [2.45, 2.75) is 237 Å². The van der Waals surface area contributed by atoms with Crippen molar-refractivity contribution < 1.29 is 0 Å². The molecule has 4 N–H and O–H groups in total. The maximum absolute atomic E-state index is 7.22. The number of nitrogens with two attached hydrogens (primary N) is 2. The summed E-state index contributed by atoms with van der Waals surface area (Å²) in [4.78, 5) is 0. The number of unbranched alkanes of at least 4 members (excludes halogenated alkanes) is 6. The molecule has 0 radical (unpaired) electrons. The molecule has 2 nitrogen and oxygen atoms in total. The van der Waals surface area contributed by atoms with Crippen LogP contribution in [0.5, 0.6) is 0 Å². The monoisotopic (exact) mass is 1050 g/mol. The molecule has 0 aliphatic heterocycles. The lowest BCUT2D eigenvalue weighted by atomic mass is 9.69. The van der Waals surface area contributed by atoms with Crippen molar-refractivity contribution in [2.24, 2.45) is 11.3 Å². The quantitative estimate of drug-likeness (QED) is 0.0329. The van der Waals surface area contributed by atoms with E-state index in [1.165, 1.54) is 131 Å². The molecule has 6 rings (SSSR count). The van der Waals surface area contributed by atoms with Crippen LogP contribution in [0.4, 0.5) is 11.4 Å². The molecule has 1 aliphatic carbocycles. The van der Waals surface area contributed by atoms with Crippen LogP contribution in [-0.4, -0.2) is 0 Å². The molecule has 0 aromatic heterocycles. The number of hydrogen-bond acceptors (Lipinski definition) is 2. The first-order valence-electron chi connectivity index (χ1n) is 31.2. The van der Waals surface area contributed by atoms with Crippen molar-refractivity contribution in [1.82, 2.24) is 0 Å². The van der Waals surface area contributed by atoms with Crippen molar-refractivity contribution in [3.63, 3.8) is 0 Å². The van der Waals surface area contributed by atoms with Crippen molar-refractivity contribution in [2.75, 3.05) is 11.5 Å². The van der Waals surface area contributed by atoms with Crippen molar-refractivity contribution in [3.05, 3.63) is 183 Å². The molecule has 78 heavy (non-hydrogen) atoms. The normalized spacial score (nSPS) is 14.5. The van der Waals surface area contributed by atoms with Gasteiger partial charge in [-0.25, -0.2) is 0 Å². The number of rotatable bonds is 26. The topological polar surface area (TPSA) is 52.0 Å². The molecule has 0 amide bonds. The number of benzene rings is 5. The largest absolute Gasteiger partial charge is 0.397 e. The second-order valence-corrected chi connectivity index (χ2v) is 25.3. The Hall–Kier alpha value is -5.34.